The second-order valence-electron chi connectivity index (χ2n) is 3.62. The molecule has 5 heteroatoms. The smallest absolute Gasteiger partial charge is 0.121 e. The van der Waals surface area contributed by atoms with Crippen molar-refractivity contribution in [2.45, 2.75) is 33.4 Å². The third-order valence-electron chi connectivity index (χ3n) is 2.54. The molecule has 2 rings (SSSR count). The fraction of sp³-hybridized carbons (Fsp3) is 0.455. The molecule has 0 fully saturated rings. The summed E-state index contributed by atoms with van der Waals surface area (Å²) in [7, 11) is 0. The molecule has 0 atom stereocenters. The fourth-order valence-corrected chi connectivity index (χ4v) is 2.49. The number of hydrogen-bond donors (Lipinski definition) is 1. The first-order chi connectivity index (χ1) is 7.81. The van der Waals surface area contributed by atoms with E-state index >= 15 is 0 Å². The first-order valence-corrected chi connectivity index (χ1v) is 6.23. The Hall–Kier alpha value is -1.20. The molecule has 1 N–H and O–H groups in total. The van der Waals surface area contributed by atoms with Crippen LogP contribution in [0.5, 0.6) is 0 Å². The highest BCUT2D eigenvalue weighted by Gasteiger charge is 2.05. The Morgan fingerprint density at radius 1 is 1.38 bits per heavy atom. The van der Waals surface area contributed by atoms with E-state index in [9.17, 15) is 0 Å². The molecule has 0 radical (unpaired) electrons. The van der Waals surface area contributed by atoms with Gasteiger partial charge in [0.15, 0.2) is 0 Å². The molecule has 0 bridgehead atoms. The van der Waals surface area contributed by atoms with Crippen LogP contribution in [-0.2, 0) is 19.5 Å². The van der Waals surface area contributed by atoms with E-state index in [1.165, 1.54) is 10.4 Å². The molecule has 86 valence electrons. The Morgan fingerprint density at radius 3 is 2.94 bits per heavy atom. The predicted molar refractivity (Wildman–Crippen MR) is 63.3 cm³/mol. The van der Waals surface area contributed by atoms with Crippen LogP contribution in [0.4, 0.5) is 0 Å². The molecule has 0 spiro atoms. The number of aryl methyl sites for hydroxylation is 2. The number of nitrogens with one attached hydrogen (secondary N) is 1. The lowest BCUT2D eigenvalue weighted by Crippen LogP contribution is -2.13. The Labute approximate surface area is 98.6 Å². The first kappa shape index (κ1) is 11.3. The second kappa shape index (κ2) is 5.23. The first-order valence-electron chi connectivity index (χ1n) is 5.35. The van der Waals surface area contributed by atoms with Crippen LogP contribution in [0.25, 0.3) is 0 Å². The van der Waals surface area contributed by atoms with Crippen LogP contribution in [0.1, 0.15) is 28.8 Å². The van der Waals surface area contributed by atoms with Crippen LogP contribution in [0.2, 0.25) is 0 Å². The Kier molecular flexibility index (Phi) is 3.69. The van der Waals surface area contributed by atoms with Gasteiger partial charge in [-0.25, -0.2) is 4.63 Å². The highest BCUT2D eigenvalue weighted by atomic mass is 32.1. The van der Waals surface area contributed by atoms with E-state index in [0.29, 0.717) is 6.54 Å². The van der Waals surface area contributed by atoms with E-state index in [-0.39, 0.29) is 0 Å². The van der Waals surface area contributed by atoms with Crippen LogP contribution in [0.3, 0.4) is 0 Å². The van der Waals surface area contributed by atoms with Gasteiger partial charge in [0.1, 0.15) is 11.4 Å². The largest absolute Gasteiger partial charge is 0.306 e. The molecule has 2 aromatic heterocycles. The van der Waals surface area contributed by atoms with Gasteiger partial charge in [-0.2, -0.15) is 0 Å². The summed E-state index contributed by atoms with van der Waals surface area (Å²) in [6.45, 7) is 5.66. The summed E-state index contributed by atoms with van der Waals surface area (Å²) in [5, 5.41) is 13.1. The van der Waals surface area contributed by atoms with E-state index in [1.54, 1.807) is 11.3 Å². The molecular weight excluding hydrogens is 222 g/mol. The van der Waals surface area contributed by atoms with Gasteiger partial charge in [-0.1, -0.05) is 17.2 Å². The van der Waals surface area contributed by atoms with Crippen molar-refractivity contribution in [3.05, 3.63) is 33.3 Å². The molecule has 0 unspecified atom stereocenters. The third kappa shape index (κ3) is 2.48. The maximum absolute atomic E-state index is 4.64. The van der Waals surface area contributed by atoms with E-state index in [4.69, 9.17) is 0 Å². The zero-order valence-corrected chi connectivity index (χ0v) is 10.3. The lowest BCUT2D eigenvalue weighted by atomic mass is 10.2. The van der Waals surface area contributed by atoms with Gasteiger partial charge < -0.3 is 5.32 Å². The summed E-state index contributed by atoms with van der Waals surface area (Å²) in [4.78, 5) is 1.40. The van der Waals surface area contributed by atoms with E-state index in [0.717, 1.165) is 24.4 Å². The summed E-state index contributed by atoms with van der Waals surface area (Å²) in [5.41, 5.74) is 3.16. The molecule has 0 amide bonds. The van der Waals surface area contributed by atoms with Crippen molar-refractivity contribution in [2.24, 2.45) is 0 Å². The van der Waals surface area contributed by atoms with E-state index in [1.807, 2.05) is 6.92 Å². The van der Waals surface area contributed by atoms with Crippen LogP contribution < -0.4 is 5.32 Å². The Morgan fingerprint density at radius 2 is 2.25 bits per heavy atom. The lowest BCUT2D eigenvalue weighted by Gasteiger charge is -2.02. The van der Waals surface area contributed by atoms with Crippen LogP contribution in [0.15, 0.2) is 16.1 Å². The number of hydrogen-bond acceptors (Lipinski definition) is 5. The average Bonchev–Trinajstić information content (AvgIpc) is 2.88. The molecule has 2 heterocycles. The van der Waals surface area contributed by atoms with Crippen LogP contribution in [0, 0.1) is 6.92 Å². The average molecular weight is 237 g/mol. The summed E-state index contributed by atoms with van der Waals surface area (Å²) in [6.07, 6.45) is 1.09. The molecule has 0 aliphatic heterocycles. The molecule has 0 saturated heterocycles. The zero-order chi connectivity index (χ0) is 11.4. The molecule has 16 heavy (non-hydrogen) atoms. The van der Waals surface area contributed by atoms with E-state index < -0.39 is 0 Å². The maximum atomic E-state index is 4.64. The highest BCUT2D eigenvalue weighted by molar-refractivity contribution is 7.10. The standard InChI is InChI=1S/C11H15N3OS/c1-3-9-4-5-16-11(9)7-12-6-10-8(2)13-15-14-10/h4-5,12H,3,6-7H2,1-2H3. The Bertz CT molecular complexity index is 450. The Balaban J connectivity index is 1.87. The van der Waals surface area contributed by atoms with Crippen molar-refractivity contribution >= 4 is 11.3 Å². The predicted octanol–water partition coefficient (Wildman–Crippen LogP) is 2.29. The van der Waals surface area contributed by atoms with Crippen molar-refractivity contribution in [3.8, 4) is 0 Å². The number of aromatic nitrogens is 2. The molecule has 0 saturated carbocycles. The van der Waals surface area contributed by atoms with Crippen LogP contribution in [-0.4, -0.2) is 10.3 Å². The van der Waals surface area contributed by atoms with Crippen molar-refractivity contribution in [1.82, 2.24) is 15.6 Å². The lowest BCUT2D eigenvalue weighted by molar-refractivity contribution is 0.300. The zero-order valence-electron chi connectivity index (χ0n) is 9.49. The molecule has 0 aromatic carbocycles. The SMILES string of the molecule is CCc1ccsc1CNCc1nonc1C. The van der Waals surface area contributed by atoms with Gasteiger partial charge in [-0.15, -0.1) is 11.3 Å². The monoisotopic (exact) mass is 237 g/mol. The van der Waals surface area contributed by atoms with Gasteiger partial charge >= 0.3 is 0 Å². The summed E-state index contributed by atoms with van der Waals surface area (Å²) >= 11 is 1.79. The summed E-state index contributed by atoms with van der Waals surface area (Å²) < 4.78 is 4.64. The summed E-state index contributed by atoms with van der Waals surface area (Å²) in [6, 6.07) is 2.19. The highest BCUT2D eigenvalue weighted by Crippen LogP contribution is 2.17. The van der Waals surface area contributed by atoms with Gasteiger partial charge in [-0.05, 0) is 30.4 Å². The number of nitrogens with zero attached hydrogens (tertiary/aromatic N) is 2. The molecule has 4 nitrogen and oxygen atoms in total. The van der Waals surface area contributed by atoms with Crippen molar-refractivity contribution in [3.63, 3.8) is 0 Å². The topological polar surface area (TPSA) is 51.0 Å². The van der Waals surface area contributed by atoms with Crippen molar-refractivity contribution in [1.29, 1.82) is 0 Å². The summed E-state index contributed by atoms with van der Waals surface area (Å²) in [5.74, 6) is 0. The minimum absolute atomic E-state index is 0.705. The fourth-order valence-electron chi connectivity index (χ4n) is 1.54. The molecule has 0 aliphatic carbocycles. The van der Waals surface area contributed by atoms with E-state index in [2.05, 4.69) is 38.6 Å². The van der Waals surface area contributed by atoms with Gasteiger partial charge in [-0.3, -0.25) is 0 Å². The minimum atomic E-state index is 0.705. The normalized spacial score (nSPS) is 10.9. The van der Waals surface area contributed by atoms with Crippen LogP contribution >= 0.6 is 11.3 Å². The maximum Gasteiger partial charge on any atom is 0.121 e. The van der Waals surface area contributed by atoms with Gasteiger partial charge in [0.05, 0.1) is 0 Å². The molecule has 2 aromatic rings. The molecular formula is C11H15N3OS. The third-order valence-corrected chi connectivity index (χ3v) is 3.51. The van der Waals surface area contributed by atoms with Crippen molar-refractivity contribution in [2.75, 3.05) is 0 Å². The van der Waals surface area contributed by atoms with Gasteiger partial charge in [0, 0.05) is 18.0 Å². The number of thiophene rings is 1. The minimum Gasteiger partial charge on any atom is -0.306 e. The van der Waals surface area contributed by atoms with Gasteiger partial charge in [0.2, 0.25) is 0 Å². The van der Waals surface area contributed by atoms with Gasteiger partial charge in [0.25, 0.3) is 0 Å². The quantitative estimate of drug-likeness (QED) is 0.867. The second-order valence-corrected chi connectivity index (χ2v) is 4.62. The number of rotatable bonds is 5. The molecule has 0 aliphatic rings. The van der Waals surface area contributed by atoms with Crippen molar-refractivity contribution < 1.29 is 4.63 Å².